The predicted octanol–water partition coefficient (Wildman–Crippen LogP) is 2.64. The van der Waals surface area contributed by atoms with E-state index < -0.39 is 6.10 Å². The molecule has 1 aliphatic rings. The monoisotopic (exact) mass is 272 g/mol. The third-order valence-corrected chi connectivity index (χ3v) is 3.79. The Bertz CT molecular complexity index is 579. The van der Waals surface area contributed by atoms with Gasteiger partial charge in [0, 0.05) is 18.9 Å². The highest BCUT2D eigenvalue weighted by molar-refractivity contribution is 5.32. The van der Waals surface area contributed by atoms with Crippen molar-refractivity contribution < 1.29 is 9.84 Å². The van der Waals surface area contributed by atoms with Gasteiger partial charge in [-0.3, -0.25) is 0 Å². The van der Waals surface area contributed by atoms with Gasteiger partial charge < -0.3 is 14.4 Å². The lowest BCUT2D eigenvalue weighted by molar-refractivity contribution is -0.0530. The normalized spacial score (nSPS) is 19.6. The van der Waals surface area contributed by atoms with Crippen LogP contribution >= 0.6 is 0 Å². The van der Waals surface area contributed by atoms with E-state index in [1.54, 1.807) is 6.20 Å². The van der Waals surface area contributed by atoms with Gasteiger partial charge in [-0.15, -0.1) is 0 Å². The van der Waals surface area contributed by atoms with Gasteiger partial charge >= 0.3 is 0 Å². The van der Waals surface area contributed by atoms with Gasteiger partial charge in [-0.25, -0.2) is 4.98 Å². The highest BCUT2D eigenvalue weighted by atomic mass is 16.5. The second-order valence-electron chi connectivity index (χ2n) is 5.16. The molecule has 1 N–H and O–H groups in total. The fraction of sp³-hybridized carbons (Fsp3) is 0.438. The number of aromatic nitrogens is 2. The molecule has 0 fully saturated rings. The molecule has 0 bridgehead atoms. The van der Waals surface area contributed by atoms with Crippen LogP contribution in [0.1, 0.15) is 42.5 Å². The van der Waals surface area contributed by atoms with Gasteiger partial charge in [-0.05, 0) is 24.0 Å². The summed E-state index contributed by atoms with van der Waals surface area (Å²) in [7, 11) is 0. The van der Waals surface area contributed by atoms with E-state index in [1.165, 1.54) is 5.56 Å². The van der Waals surface area contributed by atoms with E-state index in [4.69, 9.17) is 4.74 Å². The summed E-state index contributed by atoms with van der Waals surface area (Å²) < 4.78 is 7.83. The predicted molar refractivity (Wildman–Crippen MR) is 76.3 cm³/mol. The zero-order valence-electron chi connectivity index (χ0n) is 11.7. The lowest BCUT2D eigenvalue weighted by Crippen LogP contribution is -2.24. The molecule has 3 rings (SSSR count). The number of ether oxygens (including phenoxy) is 1. The van der Waals surface area contributed by atoms with Crippen molar-refractivity contribution in [3.05, 3.63) is 53.6 Å². The van der Waals surface area contributed by atoms with Crippen molar-refractivity contribution in [2.75, 3.05) is 6.61 Å². The summed E-state index contributed by atoms with van der Waals surface area (Å²) in [6.07, 6.45) is 4.52. The molecule has 1 aliphatic heterocycles. The number of hydrogen-bond acceptors (Lipinski definition) is 3. The molecule has 0 radical (unpaired) electrons. The van der Waals surface area contributed by atoms with E-state index in [1.807, 2.05) is 29.0 Å². The van der Waals surface area contributed by atoms with E-state index in [-0.39, 0.29) is 6.10 Å². The number of hydrogen-bond donors (Lipinski definition) is 1. The summed E-state index contributed by atoms with van der Waals surface area (Å²) in [5.74, 6) is 0.688. The fourth-order valence-corrected chi connectivity index (χ4v) is 2.84. The number of aliphatic hydroxyl groups excluding tert-OH is 1. The molecule has 0 saturated carbocycles. The largest absolute Gasteiger partial charge is 0.382 e. The number of rotatable bonds is 4. The lowest BCUT2D eigenvalue weighted by atomic mass is 9.94. The van der Waals surface area contributed by atoms with Gasteiger partial charge in [0.1, 0.15) is 18.0 Å². The van der Waals surface area contributed by atoms with Gasteiger partial charge in [0.15, 0.2) is 0 Å². The Morgan fingerprint density at radius 1 is 1.45 bits per heavy atom. The maximum absolute atomic E-state index is 10.7. The van der Waals surface area contributed by atoms with Gasteiger partial charge in [0.05, 0.1) is 6.61 Å². The van der Waals surface area contributed by atoms with Crippen molar-refractivity contribution in [1.29, 1.82) is 0 Å². The Kier molecular flexibility index (Phi) is 3.85. The first-order valence-corrected chi connectivity index (χ1v) is 7.19. The molecule has 1 aromatic heterocycles. The van der Waals surface area contributed by atoms with Crippen LogP contribution in [0.3, 0.4) is 0 Å². The molecule has 0 amide bonds. The fourth-order valence-electron chi connectivity index (χ4n) is 2.84. The second-order valence-corrected chi connectivity index (χ2v) is 5.16. The Hall–Kier alpha value is -1.65. The van der Waals surface area contributed by atoms with E-state index in [9.17, 15) is 5.11 Å². The number of aryl methyl sites for hydroxylation is 1. The molecular formula is C16H20N2O2. The van der Waals surface area contributed by atoms with E-state index in [0.29, 0.717) is 12.4 Å². The molecule has 2 aromatic rings. The summed E-state index contributed by atoms with van der Waals surface area (Å²) in [5, 5.41) is 10.7. The minimum absolute atomic E-state index is 0.321. The van der Waals surface area contributed by atoms with Crippen molar-refractivity contribution in [2.24, 2.45) is 0 Å². The molecule has 4 nitrogen and oxygen atoms in total. The van der Waals surface area contributed by atoms with E-state index in [2.05, 4.69) is 18.0 Å². The van der Waals surface area contributed by atoms with Crippen LogP contribution in [0, 0.1) is 0 Å². The Balaban J connectivity index is 1.91. The lowest BCUT2D eigenvalue weighted by Gasteiger charge is -2.29. The number of imidazole rings is 1. The highest BCUT2D eigenvalue weighted by Gasteiger charge is 2.30. The maximum atomic E-state index is 10.7. The van der Waals surface area contributed by atoms with Crippen molar-refractivity contribution in [1.82, 2.24) is 9.55 Å². The van der Waals surface area contributed by atoms with Crippen LogP contribution in [0.25, 0.3) is 0 Å². The van der Waals surface area contributed by atoms with Crippen LogP contribution < -0.4 is 0 Å². The van der Waals surface area contributed by atoms with Crippen LogP contribution in [-0.4, -0.2) is 21.3 Å². The molecule has 2 heterocycles. The van der Waals surface area contributed by atoms with Crippen molar-refractivity contribution in [3.63, 3.8) is 0 Å². The summed E-state index contributed by atoms with van der Waals surface area (Å²) in [6, 6.07) is 8.17. The SMILES string of the molecule is CCCn1ccnc1C(O)C1OCCc2ccccc21. The minimum Gasteiger partial charge on any atom is -0.382 e. The van der Waals surface area contributed by atoms with Gasteiger partial charge in [0.25, 0.3) is 0 Å². The molecule has 4 heteroatoms. The van der Waals surface area contributed by atoms with Crippen molar-refractivity contribution in [2.45, 2.75) is 38.5 Å². The standard InChI is InChI=1S/C16H20N2O2/c1-2-9-18-10-8-17-16(18)14(19)15-13-6-4-3-5-12(13)7-11-20-15/h3-6,8,10,14-15,19H,2,7,9,11H2,1H3. The van der Waals surface area contributed by atoms with Crippen LogP contribution in [0.4, 0.5) is 0 Å². The highest BCUT2D eigenvalue weighted by Crippen LogP contribution is 2.36. The van der Waals surface area contributed by atoms with Crippen LogP contribution in [0.2, 0.25) is 0 Å². The third kappa shape index (κ3) is 2.37. The average Bonchev–Trinajstić information content (AvgIpc) is 2.94. The minimum atomic E-state index is -0.724. The molecule has 2 unspecified atom stereocenters. The molecular weight excluding hydrogens is 252 g/mol. The summed E-state index contributed by atoms with van der Waals surface area (Å²) in [4.78, 5) is 4.32. The van der Waals surface area contributed by atoms with Gasteiger partial charge in [-0.2, -0.15) is 0 Å². The quantitative estimate of drug-likeness (QED) is 0.930. The number of benzene rings is 1. The first-order chi connectivity index (χ1) is 9.81. The van der Waals surface area contributed by atoms with Crippen LogP contribution in [-0.2, 0) is 17.7 Å². The second kappa shape index (κ2) is 5.77. The van der Waals surface area contributed by atoms with Crippen LogP contribution in [0.5, 0.6) is 0 Å². The van der Waals surface area contributed by atoms with Gasteiger partial charge in [0.2, 0.25) is 0 Å². The number of fused-ring (bicyclic) bond motifs is 1. The molecule has 20 heavy (non-hydrogen) atoms. The number of aliphatic hydroxyl groups is 1. The summed E-state index contributed by atoms with van der Waals surface area (Å²) in [6.45, 7) is 3.62. The zero-order valence-corrected chi connectivity index (χ0v) is 11.7. The summed E-state index contributed by atoms with van der Waals surface area (Å²) in [5.41, 5.74) is 2.34. The summed E-state index contributed by atoms with van der Waals surface area (Å²) >= 11 is 0. The maximum Gasteiger partial charge on any atom is 0.142 e. The molecule has 106 valence electrons. The third-order valence-electron chi connectivity index (χ3n) is 3.79. The first-order valence-electron chi connectivity index (χ1n) is 7.19. The van der Waals surface area contributed by atoms with Gasteiger partial charge in [-0.1, -0.05) is 31.2 Å². The van der Waals surface area contributed by atoms with Crippen LogP contribution in [0.15, 0.2) is 36.7 Å². The zero-order chi connectivity index (χ0) is 13.9. The molecule has 1 aromatic carbocycles. The molecule has 0 spiro atoms. The van der Waals surface area contributed by atoms with E-state index >= 15 is 0 Å². The van der Waals surface area contributed by atoms with E-state index in [0.717, 1.165) is 24.9 Å². The Morgan fingerprint density at radius 2 is 2.30 bits per heavy atom. The Morgan fingerprint density at radius 3 is 3.15 bits per heavy atom. The van der Waals surface area contributed by atoms with Crippen molar-refractivity contribution in [3.8, 4) is 0 Å². The Labute approximate surface area is 119 Å². The molecule has 0 saturated heterocycles. The topological polar surface area (TPSA) is 47.3 Å². The molecule has 2 atom stereocenters. The first kappa shape index (κ1) is 13.3. The molecule has 0 aliphatic carbocycles. The average molecular weight is 272 g/mol. The number of nitrogens with zero attached hydrogens (tertiary/aromatic N) is 2. The smallest absolute Gasteiger partial charge is 0.142 e. The van der Waals surface area contributed by atoms with Crippen molar-refractivity contribution >= 4 is 0 Å².